The molecule has 1 aromatic carbocycles. The number of hydrogen-bond donors (Lipinski definition) is 2. The molecule has 1 aromatic rings. The highest BCUT2D eigenvalue weighted by Gasteiger charge is 2.41. The minimum Gasteiger partial charge on any atom is -0.507 e. The Morgan fingerprint density at radius 2 is 2.00 bits per heavy atom. The van der Waals surface area contributed by atoms with Gasteiger partial charge in [-0.2, -0.15) is 13.2 Å². The lowest BCUT2D eigenvalue weighted by molar-refractivity contribution is -0.105. The average Bonchev–Trinajstić information content (AvgIpc) is 2.16. The number of phenolic OH excluding ortho intramolecular Hbond substituents is 1. The lowest BCUT2D eigenvalue weighted by Crippen LogP contribution is -2.24. The van der Waals surface area contributed by atoms with Crippen LogP contribution in [0.2, 0.25) is 0 Å². The zero-order chi connectivity index (χ0) is 12.3. The molecule has 0 bridgehead atoms. The van der Waals surface area contributed by atoms with Gasteiger partial charge in [0.2, 0.25) is 6.41 Å². The van der Waals surface area contributed by atoms with Crippen molar-refractivity contribution in [3.05, 3.63) is 23.8 Å². The fourth-order valence-electron chi connectivity index (χ4n) is 1.10. The van der Waals surface area contributed by atoms with Crippen molar-refractivity contribution in [2.45, 2.75) is 6.18 Å². The molecule has 0 aliphatic rings. The maximum Gasteiger partial charge on any atom is 0.455 e. The van der Waals surface area contributed by atoms with Gasteiger partial charge in [0.15, 0.2) is 0 Å². The Balaban J connectivity index is 3.30. The van der Waals surface area contributed by atoms with Gasteiger partial charge in [0.05, 0.1) is 11.3 Å². The molecule has 16 heavy (non-hydrogen) atoms. The fraction of sp³-hybridized carbons (Fsp3) is 0.111. The highest BCUT2D eigenvalue weighted by Crippen LogP contribution is 2.31. The van der Waals surface area contributed by atoms with Gasteiger partial charge in [-0.05, 0) is 12.1 Å². The number of carbonyl (C=O) groups excluding carboxylic acids is 2. The minimum atomic E-state index is -5.11. The highest BCUT2D eigenvalue weighted by molar-refractivity contribution is 6.08. The van der Waals surface area contributed by atoms with E-state index in [1.807, 2.05) is 5.32 Å². The van der Waals surface area contributed by atoms with E-state index in [1.54, 1.807) is 0 Å². The van der Waals surface area contributed by atoms with Crippen LogP contribution in [0.4, 0.5) is 18.9 Å². The molecular formula is C9H6F3NO3. The second kappa shape index (κ2) is 4.21. The summed E-state index contributed by atoms with van der Waals surface area (Å²) >= 11 is 0. The predicted molar refractivity (Wildman–Crippen MR) is 48.2 cm³/mol. The number of nitrogens with one attached hydrogen (secondary N) is 1. The van der Waals surface area contributed by atoms with E-state index in [2.05, 4.69) is 0 Å². The number of ketones is 1. The molecule has 2 N–H and O–H groups in total. The quantitative estimate of drug-likeness (QED) is 0.616. The van der Waals surface area contributed by atoms with Gasteiger partial charge in [0.1, 0.15) is 5.75 Å². The van der Waals surface area contributed by atoms with Crippen LogP contribution in [0.3, 0.4) is 0 Å². The molecule has 7 heteroatoms. The van der Waals surface area contributed by atoms with Crippen molar-refractivity contribution in [2.75, 3.05) is 5.32 Å². The van der Waals surface area contributed by atoms with Crippen LogP contribution in [0, 0.1) is 0 Å². The first-order valence-electron chi connectivity index (χ1n) is 4.01. The van der Waals surface area contributed by atoms with Gasteiger partial charge in [-0.1, -0.05) is 6.07 Å². The SMILES string of the molecule is O=CNc1cccc(O)c1C(=O)C(F)(F)F. The number of rotatable bonds is 3. The van der Waals surface area contributed by atoms with Crippen molar-refractivity contribution in [1.82, 2.24) is 0 Å². The molecular weight excluding hydrogens is 227 g/mol. The number of alkyl halides is 3. The monoisotopic (exact) mass is 233 g/mol. The average molecular weight is 233 g/mol. The minimum absolute atomic E-state index is 0.113. The van der Waals surface area contributed by atoms with Crippen molar-refractivity contribution < 1.29 is 27.9 Å². The van der Waals surface area contributed by atoms with E-state index in [4.69, 9.17) is 0 Å². The number of aromatic hydroxyl groups is 1. The number of halogens is 3. The second-order valence-electron chi connectivity index (χ2n) is 2.79. The molecule has 0 spiro atoms. The van der Waals surface area contributed by atoms with Gasteiger partial charge >= 0.3 is 6.18 Å². The summed E-state index contributed by atoms with van der Waals surface area (Å²) in [5.41, 5.74) is -1.36. The molecule has 86 valence electrons. The summed E-state index contributed by atoms with van der Waals surface area (Å²) in [5.74, 6) is -3.05. The van der Waals surface area contributed by atoms with Crippen LogP contribution in [0.15, 0.2) is 18.2 Å². The molecule has 0 aromatic heterocycles. The topological polar surface area (TPSA) is 66.4 Å². The van der Waals surface area contributed by atoms with Crippen LogP contribution in [0.25, 0.3) is 0 Å². The molecule has 0 aliphatic heterocycles. The summed E-state index contributed by atoms with van der Waals surface area (Å²) in [4.78, 5) is 21.1. The van der Waals surface area contributed by atoms with E-state index in [0.29, 0.717) is 0 Å². The molecule has 0 heterocycles. The van der Waals surface area contributed by atoms with Gasteiger partial charge in [-0.3, -0.25) is 9.59 Å². The molecule has 0 saturated carbocycles. The molecule has 0 aliphatic carbocycles. The molecule has 0 radical (unpaired) electrons. The molecule has 0 fully saturated rings. The first-order chi connectivity index (χ1) is 7.38. The van der Waals surface area contributed by atoms with E-state index in [0.717, 1.165) is 12.1 Å². The van der Waals surface area contributed by atoms with E-state index < -0.39 is 29.0 Å². The summed E-state index contributed by atoms with van der Waals surface area (Å²) in [6, 6.07) is 3.20. The van der Waals surface area contributed by atoms with Gasteiger partial charge in [-0.15, -0.1) is 0 Å². The number of anilines is 1. The fourth-order valence-corrected chi connectivity index (χ4v) is 1.10. The van der Waals surface area contributed by atoms with Gasteiger partial charge in [-0.25, -0.2) is 0 Å². The van der Waals surface area contributed by atoms with E-state index in [1.165, 1.54) is 6.07 Å². The van der Waals surface area contributed by atoms with Crippen LogP contribution >= 0.6 is 0 Å². The van der Waals surface area contributed by atoms with E-state index in [9.17, 15) is 27.9 Å². The summed E-state index contributed by atoms with van der Waals surface area (Å²) in [7, 11) is 0. The number of hydrogen-bond acceptors (Lipinski definition) is 3. The molecule has 1 rings (SSSR count). The van der Waals surface area contributed by atoms with Crippen molar-refractivity contribution in [3.8, 4) is 5.75 Å². The predicted octanol–water partition coefficient (Wildman–Crippen LogP) is 1.71. The van der Waals surface area contributed by atoms with Crippen LogP contribution in [0.1, 0.15) is 10.4 Å². The number of Topliss-reactive ketones (excluding diaryl/α,β-unsaturated/α-hetero) is 1. The number of phenols is 1. The van der Waals surface area contributed by atoms with Gasteiger partial charge in [0.25, 0.3) is 5.78 Å². The maximum absolute atomic E-state index is 12.2. The summed E-state index contributed by atoms with van der Waals surface area (Å²) in [6.45, 7) is 0. The first kappa shape index (κ1) is 12.0. The van der Waals surface area contributed by atoms with Crippen molar-refractivity contribution in [1.29, 1.82) is 0 Å². The van der Waals surface area contributed by atoms with Crippen molar-refractivity contribution in [3.63, 3.8) is 0 Å². The summed E-state index contributed by atoms with van der Waals surface area (Å²) in [6.07, 6.45) is -5.00. The third-order valence-corrected chi connectivity index (χ3v) is 1.74. The normalized spacial score (nSPS) is 10.9. The molecule has 0 unspecified atom stereocenters. The molecule has 0 saturated heterocycles. The number of benzene rings is 1. The van der Waals surface area contributed by atoms with E-state index in [-0.39, 0.29) is 6.41 Å². The van der Waals surface area contributed by atoms with Crippen LogP contribution in [-0.2, 0) is 4.79 Å². The van der Waals surface area contributed by atoms with Crippen LogP contribution < -0.4 is 5.32 Å². The molecule has 1 amide bonds. The van der Waals surface area contributed by atoms with Gasteiger partial charge < -0.3 is 10.4 Å². The van der Waals surface area contributed by atoms with Crippen LogP contribution in [0.5, 0.6) is 5.75 Å². The lowest BCUT2D eigenvalue weighted by Gasteiger charge is -2.11. The Morgan fingerprint density at radius 1 is 1.38 bits per heavy atom. The lowest BCUT2D eigenvalue weighted by atomic mass is 10.1. The Labute approximate surface area is 87.7 Å². The largest absolute Gasteiger partial charge is 0.507 e. The Kier molecular flexibility index (Phi) is 3.17. The smallest absolute Gasteiger partial charge is 0.455 e. The summed E-state index contributed by atoms with van der Waals surface area (Å²) in [5, 5.41) is 11.1. The highest BCUT2D eigenvalue weighted by atomic mass is 19.4. The number of amides is 1. The van der Waals surface area contributed by atoms with E-state index >= 15 is 0 Å². The third kappa shape index (κ3) is 2.30. The Morgan fingerprint density at radius 3 is 2.50 bits per heavy atom. The maximum atomic E-state index is 12.2. The standard InChI is InChI=1S/C9H6F3NO3/c10-9(11,12)8(16)7-5(13-4-14)2-1-3-6(7)15/h1-4,15H,(H,13,14). The summed E-state index contributed by atoms with van der Waals surface area (Å²) < 4.78 is 36.5. The zero-order valence-corrected chi connectivity index (χ0v) is 7.71. The second-order valence-corrected chi connectivity index (χ2v) is 2.79. The first-order valence-corrected chi connectivity index (χ1v) is 4.01. The Bertz CT molecular complexity index is 428. The number of carbonyl (C=O) groups is 2. The molecule has 0 atom stereocenters. The third-order valence-electron chi connectivity index (χ3n) is 1.74. The van der Waals surface area contributed by atoms with Crippen molar-refractivity contribution in [2.24, 2.45) is 0 Å². The van der Waals surface area contributed by atoms with Crippen LogP contribution in [-0.4, -0.2) is 23.5 Å². The van der Waals surface area contributed by atoms with Crippen molar-refractivity contribution >= 4 is 17.9 Å². The van der Waals surface area contributed by atoms with Gasteiger partial charge in [0, 0.05) is 0 Å². The Hall–Kier alpha value is -2.05. The molecule has 4 nitrogen and oxygen atoms in total. The zero-order valence-electron chi connectivity index (χ0n) is 7.71.